The Morgan fingerprint density at radius 3 is 2.44 bits per heavy atom. The molecule has 3 rings (SSSR count). The van der Waals surface area contributed by atoms with E-state index in [0.717, 1.165) is 23.4 Å². The smallest absolute Gasteiger partial charge is 0.261 e. The predicted molar refractivity (Wildman–Crippen MR) is 101 cm³/mol. The van der Waals surface area contributed by atoms with E-state index in [9.17, 15) is 4.79 Å². The van der Waals surface area contributed by atoms with Gasteiger partial charge in [0.15, 0.2) is 6.23 Å². The van der Waals surface area contributed by atoms with E-state index < -0.39 is 0 Å². The molecule has 0 saturated heterocycles. The second-order valence-electron chi connectivity index (χ2n) is 6.95. The molecule has 0 fully saturated rings. The molecule has 0 saturated carbocycles. The minimum atomic E-state index is -0.368. The maximum Gasteiger partial charge on any atom is 0.261 e. The molecule has 1 N–H and O–H groups in total. The van der Waals surface area contributed by atoms with Gasteiger partial charge in [0.2, 0.25) is 0 Å². The summed E-state index contributed by atoms with van der Waals surface area (Å²) in [7, 11) is 0. The quantitative estimate of drug-likeness (QED) is 0.830. The van der Waals surface area contributed by atoms with Crippen molar-refractivity contribution in [2.45, 2.75) is 33.0 Å². The van der Waals surface area contributed by atoms with Gasteiger partial charge in [0.05, 0.1) is 6.61 Å². The van der Waals surface area contributed by atoms with E-state index in [-0.39, 0.29) is 12.1 Å². The van der Waals surface area contributed by atoms with Gasteiger partial charge in [-0.25, -0.2) is 0 Å². The first-order valence-corrected chi connectivity index (χ1v) is 8.90. The highest BCUT2D eigenvalue weighted by molar-refractivity contribution is 6.10. The molecule has 4 heteroatoms. The van der Waals surface area contributed by atoms with E-state index in [1.165, 1.54) is 0 Å². The number of nitrogens with zero attached hydrogens (tertiary/aromatic N) is 1. The van der Waals surface area contributed by atoms with Crippen molar-refractivity contribution < 1.29 is 9.53 Å². The van der Waals surface area contributed by atoms with E-state index >= 15 is 0 Å². The minimum Gasteiger partial charge on any atom is -0.353 e. The zero-order chi connectivity index (χ0) is 17.8. The van der Waals surface area contributed by atoms with Crippen LogP contribution in [0.25, 0.3) is 0 Å². The molecule has 2 aromatic carbocycles. The molecule has 0 aliphatic carbocycles. The summed E-state index contributed by atoms with van der Waals surface area (Å²) in [6, 6.07) is 17.9. The monoisotopic (exact) mass is 338 g/mol. The molecular formula is C21H26N2O2. The van der Waals surface area contributed by atoms with Crippen LogP contribution in [0.5, 0.6) is 0 Å². The lowest BCUT2D eigenvalue weighted by Gasteiger charge is -2.27. The number of anilines is 1. The second kappa shape index (κ2) is 7.81. The van der Waals surface area contributed by atoms with Crippen molar-refractivity contribution in [2.75, 3.05) is 18.1 Å². The molecule has 2 aromatic rings. The normalized spacial score (nSPS) is 17.8. The summed E-state index contributed by atoms with van der Waals surface area (Å²) in [6.45, 7) is 7.92. The Morgan fingerprint density at radius 2 is 1.72 bits per heavy atom. The summed E-state index contributed by atoms with van der Waals surface area (Å²) in [5.41, 5.74) is 2.53. The second-order valence-corrected chi connectivity index (χ2v) is 6.95. The van der Waals surface area contributed by atoms with Crippen molar-refractivity contribution >= 4 is 11.6 Å². The van der Waals surface area contributed by atoms with Crippen LogP contribution < -0.4 is 10.2 Å². The van der Waals surface area contributed by atoms with E-state index in [0.29, 0.717) is 18.6 Å². The molecule has 1 heterocycles. The van der Waals surface area contributed by atoms with Crippen LogP contribution in [0.15, 0.2) is 54.6 Å². The van der Waals surface area contributed by atoms with Crippen LogP contribution >= 0.6 is 0 Å². The highest BCUT2D eigenvalue weighted by atomic mass is 16.5. The zero-order valence-corrected chi connectivity index (χ0v) is 15.1. The lowest BCUT2D eigenvalue weighted by Crippen LogP contribution is -2.33. The molecule has 25 heavy (non-hydrogen) atoms. The van der Waals surface area contributed by atoms with Gasteiger partial charge in [-0.15, -0.1) is 0 Å². The molecule has 0 bridgehead atoms. The standard InChI is InChI=1S/C21H26N2O2/c1-15(2)22-13-16(3)14-25-21-19-12-8-7-11-18(19)20(24)23(21)17-9-5-4-6-10-17/h4-12,15-16,21-22H,13-14H2,1-3H3. The maximum atomic E-state index is 12.9. The number of amides is 1. The summed E-state index contributed by atoms with van der Waals surface area (Å²) in [5.74, 6) is 0.364. The van der Waals surface area contributed by atoms with Crippen LogP contribution in [-0.4, -0.2) is 25.1 Å². The van der Waals surface area contributed by atoms with Crippen molar-refractivity contribution in [3.8, 4) is 0 Å². The van der Waals surface area contributed by atoms with Crippen LogP contribution in [0.4, 0.5) is 5.69 Å². The Balaban J connectivity index is 1.79. The maximum absolute atomic E-state index is 12.9. The number of rotatable bonds is 7. The third-order valence-corrected chi connectivity index (χ3v) is 4.36. The number of nitrogens with one attached hydrogen (secondary N) is 1. The minimum absolute atomic E-state index is 0.000224. The number of para-hydroxylation sites is 1. The highest BCUT2D eigenvalue weighted by Crippen LogP contribution is 2.38. The number of fused-ring (bicyclic) bond motifs is 1. The molecule has 1 amide bonds. The van der Waals surface area contributed by atoms with Crippen molar-refractivity contribution in [1.29, 1.82) is 0 Å². The summed E-state index contributed by atoms with van der Waals surface area (Å²) in [5, 5.41) is 3.43. The Labute approximate surface area is 149 Å². The van der Waals surface area contributed by atoms with Gasteiger partial charge in [-0.2, -0.15) is 0 Å². The third-order valence-electron chi connectivity index (χ3n) is 4.36. The largest absolute Gasteiger partial charge is 0.353 e. The summed E-state index contributed by atoms with van der Waals surface area (Å²) in [6.07, 6.45) is -0.368. The average molecular weight is 338 g/mol. The summed E-state index contributed by atoms with van der Waals surface area (Å²) >= 11 is 0. The Hall–Kier alpha value is -2.17. The SMILES string of the molecule is CC(CNC(C)C)COC1c2ccccc2C(=O)N1c1ccccc1. The van der Waals surface area contributed by atoms with E-state index in [1.807, 2.05) is 54.6 Å². The fourth-order valence-corrected chi connectivity index (χ4v) is 3.04. The van der Waals surface area contributed by atoms with Crippen LogP contribution in [0, 0.1) is 5.92 Å². The van der Waals surface area contributed by atoms with Crippen molar-refractivity contribution in [3.63, 3.8) is 0 Å². The third kappa shape index (κ3) is 3.91. The first kappa shape index (κ1) is 17.6. The van der Waals surface area contributed by atoms with Gasteiger partial charge in [-0.3, -0.25) is 9.69 Å². The lowest BCUT2D eigenvalue weighted by molar-refractivity contribution is 0.0334. The van der Waals surface area contributed by atoms with Gasteiger partial charge in [-0.1, -0.05) is 57.2 Å². The fraction of sp³-hybridized carbons (Fsp3) is 0.381. The lowest BCUT2D eigenvalue weighted by atomic mass is 10.1. The van der Waals surface area contributed by atoms with E-state index in [4.69, 9.17) is 4.74 Å². The van der Waals surface area contributed by atoms with Crippen molar-refractivity contribution in [3.05, 3.63) is 65.7 Å². The van der Waals surface area contributed by atoms with Gasteiger partial charge in [-0.05, 0) is 24.1 Å². The molecule has 0 spiro atoms. The molecule has 4 nitrogen and oxygen atoms in total. The van der Waals surface area contributed by atoms with E-state index in [1.54, 1.807) is 4.90 Å². The molecule has 1 aliphatic heterocycles. The molecule has 2 unspecified atom stereocenters. The Morgan fingerprint density at radius 1 is 1.04 bits per heavy atom. The summed E-state index contributed by atoms with van der Waals surface area (Å²) in [4.78, 5) is 14.7. The first-order chi connectivity index (χ1) is 12.1. The molecule has 0 aromatic heterocycles. The average Bonchev–Trinajstić information content (AvgIpc) is 2.91. The van der Waals surface area contributed by atoms with Gasteiger partial charge < -0.3 is 10.1 Å². The van der Waals surface area contributed by atoms with Gasteiger partial charge in [0.1, 0.15) is 0 Å². The highest BCUT2D eigenvalue weighted by Gasteiger charge is 2.38. The number of hydrogen-bond acceptors (Lipinski definition) is 3. The van der Waals surface area contributed by atoms with Crippen molar-refractivity contribution in [2.24, 2.45) is 5.92 Å². The zero-order valence-electron chi connectivity index (χ0n) is 15.1. The molecule has 1 aliphatic rings. The number of carbonyl (C=O) groups excluding carboxylic acids is 1. The van der Waals surface area contributed by atoms with Gasteiger partial charge in [0, 0.05) is 29.4 Å². The predicted octanol–water partition coefficient (Wildman–Crippen LogP) is 4.00. The van der Waals surface area contributed by atoms with Crippen LogP contribution in [0.1, 0.15) is 42.9 Å². The van der Waals surface area contributed by atoms with Crippen LogP contribution in [0.2, 0.25) is 0 Å². The number of ether oxygens (including phenoxy) is 1. The van der Waals surface area contributed by atoms with E-state index in [2.05, 4.69) is 26.1 Å². The molecular weight excluding hydrogens is 312 g/mol. The van der Waals surface area contributed by atoms with Gasteiger partial charge in [0.25, 0.3) is 5.91 Å². The topological polar surface area (TPSA) is 41.6 Å². The molecule has 0 radical (unpaired) electrons. The first-order valence-electron chi connectivity index (χ1n) is 8.90. The summed E-state index contributed by atoms with van der Waals surface area (Å²) < 4.78 is 6.23. The van der Waals surface area contributed by atoms with Gasteiger partial charge >= 0.3 is 0 Å². The molecule has 132 valence electrons. The van der Waals surface area contributed by atoms with Crippen LogP contribution in [0.3, 0.4) is 0 Å². The Kier molecular flexibility index (Phi) is 5.51. The number of benzene rings is 2. The van der Waals surface area contributed by atoms with Crippen molar-refractivity contribution in [1.82, 2.24) is 5.32 Å². The number of hydrogen-bond donors (Lipinski definition) is 1. The van der Waals surface area contributed by atoms with Crippen LogP contribution in [-0.2, 0) is 4.74 Å². The molecule has 2 atom stereocenters. The Bertz CT molecular complexity index is 715. The number of carbonyl (C=O) groups is 1. The fourth-order valence-electron chi connectivity index (χ4n) is 3.04.